The molecule has 0 atom stereocenters. The normalized spacial score (nSPS) is 10.5. The molecule has 0 saturated carbocycles. The van der Waals surface area contributed by atoms with Crippen LogP contribution in [0.5, 0.6) is 0 Å². The maximum atomic E-state index is 12.0. The molecule has 8 nitrogen and oxygen atoms in total. The highest BCUT2D eigenvalue weighted by Gasteiger charge is 2.23. The third-order valence-electron chi connectivity index (χ3n) is 3.06. The molecule has 0 aliphatic rings. The number of furan rings is 1. The number of pyridine rings is 1. The van der Waals surface area contributed by atoms with Gasteiger partial charge in [-0.2, -0.15) is 5.21 Å². The van der Waals surface area contributed by atoms with Crippen molar-refractivity contribution in [1.29, 1.82) is 0 Å². The second kappa shape index (κ2) is 6.08. The van der Waals surface area contributed by atoms with E-state index in [0.29, 0.717) is 12.2 Å². The minimum absolute atomic E-state index is 0.150. The van der Waals surface area contributed by atoms with Gasteiger partial charge in [0.2, 0.25) is 11.6 Å². The smallest absolute Gasteiger partial charge is 0.269 e. The lowest BCUT2D eigenvalue weighted by Crippen LogP contribution is -2.18. The number of aromatic amines is 1. The van der Waals surface area contributed by atoms with Gasteiger partial charge in [-0.25, -0.2) is 0 Å². The molecule has 0 saturated heterocycles. The number of carbonyl (C=O) groups excluding carboxylic acids is 2. The Hall–Kier alpha value is -3.16. The zero-order valence-corrected chi connectivity index (χ0v) is 11.4. The van der Waals surface area contributed by atoms with Crippen LogP contribution in [0.4, 0.5) is 0 Å². The van der Waals surface area contributed by atoms with Crippen LogP contribution < -0.4 is 0 Å². The molecule has 0 aliphatic carbocycles. The molecule has 0 aliphatic heterocycles. The Labute approximate surface area is 124 Å². The molecule has 0 aromatic carbocycles. The zero-order chi connectivity index (χ0) is 15.4. The van der Waals surface area contributed by atoms with Crippen LogP contribution in [0.15, 0.2) is 41.1 Å². The van der Waals surface area contributed by atoms with Gasteiger partial charge in [-0.05, 0) is 29.0 Å². The van der Waals surface area contributed by atoms with Crippen LogP contribution in [-0.4, -0.2) is 37.2 Å². The van der Waals surface area contributed by atoms with E-state index in [1.54, 1.807) is 12.3 Å². The largest absolute Gasteiger partial charge is 0.469 e. The summed E-state index contributed by atoms with van der Waals surface area (Å²) in [6, 6.07) is 7.35. The second-order valence-electron chi connectivity index (χ2n) is 4.53. The predicted octanol–water partition coefficient (Wildman–Crippen LogP) is 0.773. The molecule has 3 aromatic rings. The number of tetrazole rings is 1. The number of rotatable bonds is 6. The molecule has 0 amide bonds. The van der Waals surface area contributed by atoms with Gasteiger partial charge in [0.1, 0.15) is 5.76 Å². The van der Waals surface area contributed by atoms with Crippen LogP contribution in [0.2, 0.25) is 0 Å². The van der Waals surface area contributed by atoms with Crippen molar-refractivity contribution in [3.05, 3.63) is 59.6 Å². The molecule has 0 fully saturated rings. The summed E-state index contributed by atoms with van der Waals surface area (Å²) in [6.07, 6.45) is 3.55. The SMILES string of the molecule is O=C(Cc1occc1Cc1ccccn1)C(=O)c1nn[nH]n1. The predicted molar refractivity (Wildman–Crippen MR) is 73.0 cm³/mol. The number of ketones is 2. The Balaban J connectivity index is 1.72. The first-order valence-electron chi connectivity index (χ1n) is 6.50. The van der Waals surface area contributed by atoms with E-state index in [1.807, 2.05) is 18.2 Å². The van der Waals surface area contributed by atoms with E-state index >= 15 is 0 Å². The first-order chi connectivity index (χ1) is 10.7. The quantitative estimate of drug-likeness (QED) is 0.528. The van der Waals surface area contributed by atoms with Crippen molar-refractivity contribution in [3.8, 4) is 0 Å². The number of hydrogen-bond donors (Lipinski definition) is 1. The highest BCUT2D eigenvalue weighted by Crippen LogP contribution is 2.16. The third-order valence-corrected chi connectivity index (χ3v) is 3.06. The van der Waals surface area contributed by atoms with E-state index in [1.165, 1.54) is 6.26 Å². The number of carbonyl (C=O) groups is 2. The van der Waals surface area contributed by atoms with Gasteiger partial charge >= 0.3 is 0 Å². The Morgan fingerprint density at radius 3 is 2.86 bits per heavy atom. The van der Waals surface area contributed by atoms with Gasteiger partial charge in [0.05, 0.1) is 12.7 Å². The summed E-state index contributed by atoms with van der Waals surface area (Å²) < 4.78 is 5.31. The molecule has 3 rings (SSSR count). The maximum Gasteiger partial charge on any atom is 0.269 e. The number of Topliss-reactive ketones (excluding diaryl/α,β-unsaturated/α-hetero) is 2. The van der Waals surface area contributed by atoms with Crippen LogP contribution in [0.1, 0.15) is 27.6 Å². The molecule has 22 heavy (non-hydrogen) atoms. The van der Waals surface area contributed by atoms with Crippen molar-refractivity contribution in [2.75, 3.05) is 0 Å². The lowest BCUT2D eigenvalue weighted by molar-refractivity contribution is -0.114. The first-order valence-corrected chi connectivity index (χ1v) is 6.50. The molecule has 3 heterocycles. The standard InChI is InChI=1S/C14H11N5O3/c20-11(13(21)14-16-18-19-17-14)8-12-9(4-6-22-12)7-10-3-1-2-5-15-10/h1-6H,7-8H2,(H,16,17,18,19). The summed E-state index contributed by atoms with van der Waals surface area (Å²) in [4.78, 5) is 28.0. The van der Waals surface area contributed by atoms with Gasteiger partial charge in [0.15, 0.2) is 0 Å². The van der Waals surface area contributed by atoms with E-state index in [0.717, 1.165) is 11.3 Å². The fourth-order valence-electron chi connectivity index (χ4n) is 1.99. The summed E-state index contributed by atoms with van der Waals surface area (Å²) in [6.45, 7) is 0. The van der Waals surface area contributed by atoms with Crippen molar-refractivity contribution in [3.63, 3.8) is 0 Å². The molecule has 0 bridgehead atoms. The van der Waals surface area contributed by atoms with Crippen molar-refractivity contribution in [2.24, 2.45) is 0 Å². The van der Waals surface area contributed by atoms with Crippen LogP contribution in [0.25, 0.3) is 0 Å². The van der Waals surface area contributed by atoms with Gasteiger partial charge in [-0.3, -0.25) is 14.6 Å². The van der Waals surface area contributed by atoms with Crippen molar-refractivity contribution in [2.45, 2.75) is 12.8 Å². The monoisotopic (exact) mass is 297 g/mol. The van der Waals surface area contributed by atoms with E-state index in [4.69, 9.17) is 4.42 Å². The van der Waals surface area contributed by atoms with Crippen molar-refractivity contribution < 1.29 is 14.0 Å². The highest BCUT2D eigenvalue weighted by molar-refractivity contribution is 6.42. The molecule has 8 heteroatoms. The first kappa shape index (κ1) is 13.8. The summed E-state index contributed by atoms with van der Waals surface area (Å²) in [5.74, 6) is -1.26. The lowest BCUT2D eigenvalue weighted by atomic mass is 10.1. The summed E-state index contributed by atoms with van der Waals surface area (Å²) >= 11 is 0. The van der Waals surface area contributed by atoms with E-state index in [2.05, 4.69) is 25.6 Å². The second-order valence-corrected chi connectivity index (χ2v) is 4.53. The van der Waals surface area contributed by atoms with Crippen molar-refractivity contribution in [1.82, 2.24) is 25.6 Å². The molecule has 1 N–H and O–H groups in total. The van der Waals surface area contributed by atoms with Gasteiger partial charge in [0.25, 0.3) is 5.78 Å². The molecule has 0 unspecified atom stereocenters. The Morgan fingerprint density at radius 1 is 1.23 bits per heavy atom. The highest BCUT2D eigenvalue weighted by atomic mass is 16.3. The molecular formula is C14H11N5O3. The number of aromatic nitrogens is 5. The third kappa shape index (κ3) is 2.95. The van der Waals surface area contributed by atoms with Gasteiger partial charge in [0, 0.05) is 18.3 Å². The van der Waals surface area contributed by atoms with E-state index in [9.17, 15) is 9.59 Å². The molecule has 0 spiro atoms. The van der Waals surface area contributed by atoms with Crippen LogP contribution >= 0.6 is 0 Å². The van der Waals surface area contributed by atoms with Gasteiger partial charge in [-0.1, -0.05) is 6.07 Å². The van der Waals surface area contributed by atoms with Crippen LogP contribution in [0.3, 0.4) is 0 Å². The maximum absolute atomic E-state index is 12.0. The topological polar surface area (TPSA) is 115 Å². The molecule has 110 valence electrons. The van der Waals surface area contributed by atoms with Crippen LogP contribution in [-0.2, 0) is 17.6 Å². The fourth-order valence-corrected chi connectivity index (χ4v) is 1.99. The fraction of sp³-hybridized carbons (Fsp3) is 0.143. The Bertz CT molecular complexity index is 780. The molecular weight excluding hydrogens is 286 g/mol. The number of hydrogen-bond acceptors (Lipinski definition) is 7. The van der Waals surface area contributed by atoms with Crippen molar-refractivity contribution >= 4 is 11.6 Å². The number of H-pyrrole nitrogens is 1. The average Bonchev–Trinajstić information content (AvgIpc) is 3.20. The average molecular weight is 297 g/mol. The Kier molecular flexibility index (Phi) is 3.82. The Morgan fingerprint density at radius 2 is 2.14 bits per heavy atom. The molecule has 3 aromatic heterocycles. The van der Waals surface area contributed by atoms with E-state index in [-0.39, 0.29) is 12.2 Å². The zero-order valence-electron chi connectivity index (χ0n) is 11.4. The summed E-state index contributed by atoms with van der Waals surface area (Å²) in [5, 5.41) is 12.4. The summed E-state index contributed by atoms with van der Waals surface area (Å²) in [5.41, 5.74) is 1.66. The number of nitrogens with zero attached hydrogens (tertiary/aromatic N) is 4. The van der Waals surface area contributed by atoms with Crippen LogP contribution in [0, 0.1) is 0 Å². The lowest BCUT2D eigenvalue weighted by Gasteiger charge is -2.01. The molecule has 0 radical (unpaired) electrons. The van der Waals surface area contributed by atoms with Gasteiger partial charge < -0.3 is 4.42 Å². The minimum Gasteiger partial charge on any atom is -0.469 e. The minimum atomic E-state index is -0.797. The summed E-state index contributed by atoms with van der Waals surface area (Å²) in [7, 11) is 0. The van der Waals surface area contributed by atoms with Gasteiger partial charge in [-0.15, -0.1) is 10.2 Å². The number of nitrogens with one attached hydrogen (secondary N) is 1. The van der Waals surface area contributed by atoms with E-state index < -0.39 is 11.6 Å².